The van der Waals surface area contributed by atoms with Crippen LogP contribution in [0.1, 0.15) is 32.9 Å². The fraction of sp³-hybridized carbons (Fsp3) is 0.583. The highest BCUT2D eigenvalue weighted by Crippen LogP contribution is 2.18. The van der Waals surface area contributed by atoms with Crippen LogP contribution in [0.5, 0.6) is 5.88 Å². The smallest absolute Gasteiger partial charge is 0.213 e. The summed E-state index contributed by atoms with van der Waals surface area (Å²) in [5.41, 5.74) is 0.914. The van der Waals surface area contributed by atoms with E-state index in [2.05, 4.69) is 25.8 Å². The lowest BCUT2D eigenvalue weighted by atomic mass is 9.93. The maximum Gasteiger partial charge on any atom is 0.213 e. The van der Waals surface area contributed by atoms with Gasteiger partial charge in [0, 0.05) is 6.07 Å². The summed E-state index contributed by atoms with van der Waals surface area (Å²) in [6.45, 7) is 7.14. The van der Waals surface area contributed by atoms with Gasteiger partial charge in [0.1, 0.15) is 0 Å². The molecule has 1 aromatic rings. The Morgan fingerprint density at radius 3 is 2.67 bits per heavy atom. The average Bonchev–Trinajstić information content (AvgIpc) is 2.16. The standard InChI is InChI=1S/C12H19NO2/c1-12(2,3)7-8-15-11-6-4-5-10(9-14)13-11/h4-6,14H,7-9H2,1-3H3. The minimum absolute atomic E-state index is 0.0452. The van der Waals surface area contributed by atoms with Crippen LogP contribution >= 0.6 is 0 Å². The molecule has 0 aliphatic heterocycles. The third-order valence-electron chi connectivity index (χ3n) is 2.05. The number of pyridine rings is 1. The minimum Gasteiger partial charge on any atom is -0.478 e. The Hall–Kier alpha value is -1.09. The van der Waals surface area contributed by atoms with Crippen molar-refractivity contribution in [1.82, 2.24) is 4.98 Å². The topological polar surface area (TPSA) is 42.4 Å². The molecule has 0 aliphatic carbocycles. The molecule has 0 aliphatic rings. The summed E-state index contributed by atoms with van der Waals surface area (Å²) in [4.78, 5) is 4.14. The number of nitrogens with zero attached hydrogens (tertiary/aromatic N) is 1. The molecule has 0 amide bonds. The van der Waals surface area contributed by atoms with Crippen LogP contribution < -0.4 is 4.74 Å². The van der Waals surface area contributed by atoms with Crippen LogP contribution in [0, 0.1) is 5.41 Å². The van der Waals surface area contributed by atoms with Crippen molar-refractivity contribution in [1.29, 1.82) is 0 Å². The Balaban J connectivity index is 2.44. The zero-order valence-corrected chi connectivity index (χ0v) is 9.66. The maximum atomic E-state index is 8.90. The molecule has 1 N–H and O–H groups in total. The van der Waals surface area contributed by atoms with Gasteiger partial charge in [0.05, 0.1) is 18.9 Å². The molecule has 3 nitrogen and oxygen atoms in total. The van der Waals surface area contributed by atoms with Gasteiger partial charge in [0.25, 0.3) is 0 Å². The quantitative estimate of drug-likeness (QED) is 0.828. The van der Waals surface area contributed by atoms with Gasteiger partial charge in [-0.2, -0.15) is 0 Å². The van der Waals surface area contributed by atoms with Gasteiger partial charge in [-0.15, -0.1) is 0 Å². The molecule has 0 saturated heterocycles. The van der Waals surface area contributed by atoms with E-state index in [-0.39, 0.29) is 12.0 Å². The second-order valence-corrected chi connectivity index (χ2v) is 4.78. The lowest BCUT2D eigenvalue weighted by Crippen LogP contribution is -2.11. The molecule has 0 saturated carbocycles. The van der Waals surface area contributed by atoms with Gasteiger partial charge in [-0.3, -0.25) is 0 Å². The van der Waals surface area contributed by atoms with Gasteiger partial charge in [0.2, 0.25) is 5.88 Å². The molecule has 0 spiro atoms. The van der Waals surface area contributed by atoms with Crippen molar-refractivity contribution in [2.24, 2.45) is 5.41 Å². The van der Waals surface area contributed by atoms with Gasteiger partial charge in [0.15, 0.2) is 0 Å². The van der Waals surface area contributed by atoms with Crippen LogP contribution in [0.25, 0.3) is 0 Å². The third kappa shape index (κ3) is 4.79. The molecule has 1 rings (SSSR count). The molecule has 0 atom stereocenters. The molecule has 1 aromatic heterocycles. The Bertz CT molecular complexity index is 305. The van der Waals surface area contributed by atoms with Crippen LogP contribution in [-0.4, -0.2) is 16.7 Å². The van der Waals surface area contributed by atoms with Crippen LogP contribution in [0.3, 0.4) is 0 Å². The van der Waals surface area contributed by atoms with E-state index in [0.29, 0.717) is 18.2 Å². The van der Waals surface area contributed by atoms with E-state index in [1.165, 1.54) is 0 Å². The van der Waals surface area contributed by atoms with Crippen molar-refractivity contribution >= 4 is 0 Å². The number of rotatable bonds is 4. The minimum atomic E-state index is -0.0452. The summed E-state index contributed by atoms with van der Waals surface area (Å²) in [6.07, 6.45) is 0.984. The van der Waals surface area contributed by atoms with E-state index in [4.69, 9.17) is 9.84 Å². The molecule has 3 heteroatoms. The lowest BCUT2D eigenvalue weighted by molar-refractivity contribution is 0.232. The van der Waals surface area contributed by atoms with Crippen molar-refractivity contribution < 1.29 is 9.84 Å². The number of aliphatic hydroxyl groups excluding tert-OH is 1. The fourth-order valence-corrected chi connectivity index (χ4v) is 1.09. The number of hydrogen-bond donors (Lipinski definition) is 1. The Morgan fingerprint density at radius 2 is 2.07 bits per heavy atom. The normalized spacial score (nSPS) is 11.5. The summed E-state index contributed by atoms with van der Waals surface area (Å²) in [5.74, 6) is 0.589. The van der Waals surface area contributed by atoms with Crippen LogP contribution in [0.15, 0.2) is 18.2 Å². The van der Waals surface area contributed by atoms with Crippen molar-refractivity contribution in [3.63, 3.8) is 0 Å². The molecule has 0 radical (unpaired) electrons. The number of hydrogen-bond acceptors (Lipinski definition) is 3. The predicted octanol–water partition coefficient (Wildman–Crippen LogP) is 2.39. The van der Waals surface area contributed by atoms with Crippen LogP contribution in [-0.2, 0) is 6.61 Å². The van der Waals surface area contributed by atoms with E-state index < -0.39 is 0 Å². The molecule has 1 heterocycles. The second kappa shape index (κ2) is 5.12. The summed E-state index contributed by atoms with van der Waals surface area (Å²) in [5, 5.41) is 8.90. The Labute approximate surface area is 91.1 Å². The second-order valence-electron chi connectivity index (χ2n) is 4.78. The summed E-state index contributed by atoms with van der Waals surface area (Å²) in [7, 11) is 0. The van der Waals surface area contributed by atoms with Crippen molar-refractivity contribution in [2.45, 2.75) is 33.8 Å². The van der Waals surface area contributed by atoms with Gasteiger partial charge in [-0.05, 0) is 17.9 Å². The predicted molar refractivity (Wildman–Crippen MR) is 59.7 cm³/mol. The fourth-order valence-electron chi connectivity index (χ4n) is 1.09. The van der Waals surface area contributed by atoms with Crippen LogP contribution in [0.2, 0.25) is 0 Å². The maximum absolute atomic E-state index is 8.90. The summed E-state index contributed by atoms with van der Waals surface area (Å²) in [6, 6.07) is 5.42. The van der Waals surface area contributed by atoms with E-state index >= 15 is 0 Å². The molecule has 0 aromatic carbocycles. The molecule has 84 valence electrons. The van der Waals surface area contributed by atoms with E-state index in [1.807, 2.05) is 12.1 Å². The number of ether oxygens (including phenoxy) is 1. The van der Waals surface area contributed by atoms with Crippen LogP contribution in [0.4, 0.5) is 0 Å². The average molecular weight is 209 g/mol. The Kier molecular flexibility index (Phi) is 4.09. The zero-order chi connectivity index (χ0) is 11.3. The zero-order valence-electron chi connectivity index (χ0n) is 9.66. The molecular weight excluding hydrogens is 190 g/mol. The summed E-state index contributed by atoms with van der Waals surface area (Å²) >= 11 is 0. The molecule has 0 fully saturated rings. The van der Waals surface area contributed by atoms with Gasteiger partial charge in [-0.1, -0.05) is 26.8 Å². The third-order valence-corrected chi connectivity index (χ3v) is 2.05. The first-order chi connectivity index (χ1) is 7.01. The lowest BCUT2D eigenvalue weighted by Gasteiger charge is -2.17. The highest BCUT2D eigenvalue weighted by Gasteiger charge is 2.10. The largest absolute Gasteiger partial charge is 0.478 e. The highest BCUT2D eigenvalue weighted by molar-refractivity contribution is 5.15. The van der Waals surface area contributed by atoms with Gasteiger partial charge in [-0.25, -0.2) is 4.98 Å². The molecule has 0 bridgehead atoms. The SMILES string of the molecule is CC(C)(C)CCOc1cccc(CO)n1. The monoisotopic (exact) mass is 209 g/mol. The van der Waals surface area contributed by atoms with Crippen molar-refractivity contribution in [2.75, 3.05) is 6.61 Å². The van der Waals surface area contributed by atoms with Crippen molar-refractivity contribution in [3.05, 3.63) is 23.9 Å². The number of aromatic nitrogens is 1. The number of aliphatic hydroxyl groups is 1. The summed E-state index contributed by atoms with van der Waals surface area (Å²) < 4.78 is 5.50. The first-order valence-electron chi connectivity index (χ1n) is 5.21. The first kappa shape index (κ1) is 12.0. The van der Waals surface area contributed by atoms with Gasteiger partial charge >= 0.3 is 0 Å². The van der Waals surface area contributed by atoms with Crippen molar-refractivity contribution in [3.8, 4) is 5.88 Å². The molecular formula is C12H19NO2. The van der Waals surface area contributed by atoms with Gasteiger partial charge < -0.3 is 9.84 Å². The van der Waals surface area contributed by atoms with E-state index in [1.54, 1.807) is 6.07 Å². The Morgan fingerprint density at radius 1 is 1.33 bits per heavy atom. The van der Waals surface area contributed by atoms with E-state index in [0.717, 1.165) is 6.42 Å². The first-order valence-corrected chi connectivity index (χ1v) is 5.21. The molecule has 15 heavy (non-hydrogen) atoms. The van der Waals surface area contributed by atoms with E-state index in [9.17, 15) is 0 Å². The highest BCUT2D eigenvalue weighted by atomic mass is 16.5. The molecule has 0 unspecified atom stereocenters.